The van der Waals surface area contributed by atoms with Crippen LogP contribution in [0.4, 0.5) is 0 Å². The van der Waals surface area contributed by atoms with E-state index >= 15 is 0 Å². The Labute approximate surface area is 159 Å². The van der Waals surface area contributed by atoms with Crippen molar-refractivity contribution in [1.29, 1.82) is 0 Å². The molecule has 0 fully saturated rings. The van der Waals surface area contributed by atoms with E-state index in [0.29, 0.717) is 0 Å². The van der Waals surface area contributed by atoms with Gasteiger partial charge < -0.3 is 5.32 Å². The van der Waals surface area contributed by atoms with Crippen LogP contribution in [0.5, 0.6) is 0 Å². The van der Waals surface area contributed by atoms with Gasteiger partial charge in [0.15, 0.2) is 0 Å². The van der Waals surface area contributed by atoms with Crippen molar-refractivity contribution in [2.45, 2.75) is 30.0 Å². The Kier molecular flexibility index (Phi) is 7.56. The average molecular weight is 393 g/mol. The molecule has 1 aromatic heterocycles. The van der Waals surface area contributed by atoms with Gasteiger partial charge in [-0.2, -0.15) is 4.31 Å². The van der Waals surface area contributed by atoms with E-state index < -0.39 is 10.0 Å². The van der Waals surface area contributed by atoms with Gasteiger partial charge >= 0.3 is 0 Å². The lowest BCUT2D eigenvalue weighted by atomic mass is 10.1. The van der Waals surface area contributed by atoms with Crippen molar-refractivity contribution in [1.82, 2.24) is 9.62 Å². The molecule has 1 amide bonds. The van der Waals surface area contributed by atoms with E-state index in [1.165, 1.54) is 17.7 Å². The largest absolute Gasteiger partial charge is 0.352 e. The number of nitrogens with one attached hydrogen (secondary N) is 1. The normalized spacial score (nSPS) is 12.7. The van der Waals surface area contributed by atoms with Crippen molar-refractivity contribution in [2.75, 3.05) is 13.1 Å². The van der Waals surface area contributed by atoms with E-state index in [0.717, 1.165) is 28.5 Å². The van der Waals surface area contributed by atoms with Crippen LogP contribution in [0.15, 0.2) is 64.7 Å². The number of carbonyl (C=O) groups is 1. The van der Waals surface area contributed by atoms with Gasteiger partial charge in [0.1, 0.15) is 4.21 Å². The zero-order chi connectivity index (χ0) is 19.0. The second-order valence-corrected chi connectivity index (χ2v) is 9.12. The lowest BCUT2D eigenvalue weighted by molar-refractivity contribution is -0.121. The van der Waals surface area contributed by atoms with Gasteiger partial charge in [0, 0.05) is 12.6 Å². The Bertz CT molecular complexity index is 803. The second kappa shape index (κ2) is 9.66. The Morgan fingerprint density at radius 3 is 2.62 bits per heavy atom. The molecule has 0 bridgehead atoms. The molecule has 0 aliphatic rings. The summed E-state index contributed by atoms with van der Waals surface area (Å²) in [4.78, 5) is 12.3. The lowest BCUT2D eigenvalue weighted by Crippen LogP contribution is -2.43. The van der Waals surface area contributed by atoms with E-state index in [-0.39, 0.29) is 29.2 Å². The predicted molar refractivity (Wildman–Crippen MR) is 106 cm³/mol. The molecule has 0 aliphatic carbocycles. The lowest BCUT2D eigenvalue weighted by Gasteiger charge is -2.21. The van der Waals surface area contributed by atoms with Crippen LogP contribution in [0.3, 0.4) is 0 Å². The molecule has 0 saturated carbocycles. The molecule has 2 rings (SSSR count). The highest BCUT2D eigenvalue weighted by molar-refractivity contribution is 7.91. The Morgan fingerprint density at radius 1 is 1.27 bits per heavy atom. The number of amides is 1. The molecule has 1 aromatic carbocycles. The first kappa shape index (κ1) is 20.4. The van der Waals surface area contributed by atoms with Crippen LogP contribution < -0.4 is 5.32 Å². The fraction of sp³-hybridized carbons (Fsp3) is 0.316. The van der Waals surface area contributed by atoms with Gasteiger partial charge in [-0.05, 0) is 36.8 Å². The third-order valence-electron chi connectivity index (χ3n) is 3.86. The van der Waals surface area contributed by atoms with Gasteiger partial charge in [0.25, 0.3) is 10.0 Å². The standard InChI is InChI=1S/C19H24N2O3S2/c1-3-13-21(26(23,24)19-10-7-14-25-19)15-18(22)20-16(2)11-12-17-8-5-4-6-9-17/h3-10,14,16H,1,11-13,15H2,2H3,(H,20,22). The van der Waals surface area contributed by atoms with Crippen LogP contribution in [0.25, 0.3) is 0 Å². The van der Waals surface area contributed by atoms with Crippen LogP contribution in [-0.2, 0) is 21.2 Å². The number of carbonyl (C=O) groups excluding carboxylic acids is 1. The summed E-state index contributed by atoms with van der Waals surface area (Å²) in [6.45, 7) is 5.38. The van der Waals surface area contributed by atoms with Gasteiger partial charge in [-0.3, -0.25) is 4.79 Å². The zero-order valence-electron chi connectivity index (χ0n) is 14.8. The summed E-state index contributed by atoms with van der Waals surface area (Å²) in [5, 5.41) is 4.58. The van der Waals surface area contributed by atoms with Gasteiger partial charge in [-0.15, -0.1) is 17.9 Å². The Morgan fingerprint density at radius 2 is 2.00 bits per heavy atom. The van der Waals surface area contributed by atoms with Crippen molar-refractivity contribution >= 4 is 27.3 Å². The number of benzene rings is 1. The molecule has 1 heterocycles. The van der Waals surface area contributed by atoms with Crippen LogP contribution >= 0.6 is 11.3 Å². The quantitative estimate of drug-likeness (QED) is 0.632. The fourth-order valence-electron chi connectivity index (χ4n) is 2.51. The first-order valence-electron chi connectivity index (χ1n) is 8.41. The Hall–Kier alpha value is -1.96. The summed E-state index contributed by atoms with van der Waals surface area (Å²) in [5.41, 5.74) is 1.21. The van der Waals surface area contributed by atoms with Crippen molar-refractivity contribution in [2.24, 2.45) is 0 Å². The molecule has 0 radical (unpaired) electrons. The average Bonchev–Trinajstić information content (AvgIpc) is 3.16. The topological polar surface area (TPSA) is 66.5 Å². The first-order chi connectivity index (χ1) is 12.4. The summed E-state index contributed by atoms with van der Waals surface area (Å²) in [6.07, 6.45) is 3.12. The number of thiophene rings is 1. The monoisotopic (exact) mass is 392 g/mol. The van der Waals surface area contributed by atoms with Gasteiger partial charge in [-0.25, -0.2) is 8.42 Å². The molecular formula is C19H24N2O3S2. The molecule has 1 N–H and O–H groups in total. The highest BCUT2D eigenvalue weighted by Gasteiger charge is 2.26. The number of rotatable bonds is 10. The highest BCUT2D eigenvalue weighted by Crippen LogP contribution is 2.20. The highest BCUT2D eigenvalue weighted by atomic mass is 32.2. The van der Waals surface area contributed by atoms with Crippen LogP contribution in [-0.4, -0.2) is 37.8 Å². The van der Waals surface area contributed by atoms with Crippen molar-refractivity contribution in [3.05, 3.63) is 66.1 Å². The number of hydrogen-bond acceptors (Lipinski definition) is 4. The van der Waals surface area contributed by atoms with Crippen LogP contribution in [0.1, 0.15) is 18.9 Å². The second-order valence-electron chi connectivity index (χ2n) is 6.01. The fourth-order valence-corrected chi connectivity index (χ4v) is 5.02. The SMILES string of the molecule is C=CCN(CC(=O)NC(C)CCc1ccccc1)S(=O)(=O)c1cccs1. The van der Waals surface area contributed by atoms with E-state index in [1.54, 1.807) is 11.4 Å². The number of nitrogens with zero attached hydrogens (tertiary/aromatic N) is 1. The van der Waals surface area contributed by atoms with Crippen LogP contribution in [0.2, 0.25) is 0 Å². The molecule has 7 heteroatoms. The summed E-state index contributed by atoms with van der Waals surface area (Å²) >= 11 is 1.14. The number of aryl methyl sites for hydroxylation is 1. The maximum atomic E-state index is 12.6. The van der Waals surface area contributed by atoms with Crippen LogP contribution in [0, 0.1) is 0 Å². The molecular weight excluding hydrogens is 368 g/mol. The Balaban J connectivity index is 1.92. The van der Waals surface area contributed by atoms with Crippen molar-refractivity contribution in [3.63, 3.8) is 0 Å². The third-order valence-corrected chi connectivity index (χ3v) is 7.04. The summed E-state index contributed by atoms with van der Waals surface area (Å²) in [6, 6.07) is 13.2. The zero-order valence-corrected chi connectivity index (χ0v) is 16.4. The maximum Gasteiger partial charge on any atom is 0.253 e. The molecule has 26 heavy (non-hydrogen) atoms. The number of hydrogen-bond donors (Lipinski definition) is 1. The van der Waals surface area contributed by atoms with E-state index in [1.807, 2.05) is 37.3 Å². The minimum absolute atomic E-state index is 0.0438. The summed E-state index contributed by atoms with van der Waals surface area (Å²) in [5.74, 6) is -0.312. The molecule has 5 nitrogen and oxygen atoms in total. The number of sulfonamides is 1. The van der Waals surface area contributed by atoms with Gasteiger partial charge in [0.2, 0.25) is 5.91 Å². The van der Waals surface area contributed by atoms with Gasteiger partial charge in [0.05, 0.1) is 6.54 Å². The van der Waals surface area contributed by atoms with Crippen molar-refractivity contribution < 1.29 is 13.2 Å². The van der Waals surface area contributed by atoms with E-state index in [4.69, 9.17) is 0 Å². The first-order valence-corrected chi connectivity index (χ1v) is 10.7. The molecule has 0 aliphatic heterocycles. The van der Waals surface area contributed by atoms with Gasteiger partial charge in [-0.1, -0.05) is 42.5 Å². The molecule has 0 spiro atoms. The molecule has 2 aromatic rings. The third kappa shape index (κ3) is 5.79. The predicted octanol–water partition coefficient (Wildman–Crippen LogP) is 3.06. The van der Waals surface area contributed by atoms with E-state index in [2.05, 4.69) is 11.9 Å². The minimum atomic E-state index is -3.69. The molecule has 1 unspecified atom stereocenters. The molecule has 140 valence electrons. The molecule has 1 atom stereocenters. The minimum Gasteiger partial charge on any atom is -0.352 e. The summed E-state index contributed by atoms with van der Waals surface area (Å²) < 4.78 is 26.6. The van der Waals surface area contributed by atoms with E-state index in [9.17, 15) is 13.2 Å². The molecule has 0 saturated heterocycles. The smallest absolute Gasteiger partial charge is 0.253 e. The van der Waals surface area contributed by atoms with Crippen molar-refractivity contribution in [3.8, 4) is 0 Å². The summed E-state index contributed by atoms with van der Waals surface area (Å²) in [7, 11) is -3.69. The maximum absolute atomic E-state index is 12.6.